The van der Waals surface area contributed by atoms with Gasteiger partial charge in [0.05, 0.1) is 4.88 Å². The number of carbonyl (C=O) groups excluding carboxylic acids is 1. The quantitative estimate of drug-likeness (QED) is 0.754. The molecular weight excluding hydrogens is 312 g/mol. The lowest BCUT2D eigenvalue weighted by molar-refractivity contribution is 0.103. The van der Waals surface area contributed by atoms with Crippen LogP contribution in [0.3, 0.4) is 0 Å². The lowest BCUT2D eigenvalue weighted by Crippen LogP contribution is -2.09. The van der Waals surface area contributed by atoms with Crippen molar-refractivity contribution in [2.75, 3.05) is 5.32 Å². The summed E-state index contributed by atoms with van der Waals surface area (Å²) in [5.74, 6) is -0.134. The first-order valence-electron chi connectivity index (χ1n) is 5.78. The third-order valence-corrected chi connectivity index (χ3v) is 4.52. The summed E-state index contributed by atoms with van der Waals surface area (Å²) in [5.41, 5.74) is 2.05. The summed E-state index contributed by atoms with van der Waals surface area (Å²) in [6.07, 6.45) is 1.66. The fourth-order valence-corrected chi connectivity index (χ4v) is 3.15. The van der Waals surface area contributed by atoms with E-state index >= 15 is 0 Å². The normalized spacial score (nSPS) is 10.4. The van der Waals surface area contributed by atoms with Crippen molar-refractivity contribution in [3.63, 3.8) is 0 Å². The summed E-state index contributed by atoms with van der Waals surface area (Å²) in [5, 5.41) is 7.86. The maximum Gasteiger partial charge on any atom is 0.267 e. The zero-order chi connectivity index (χ0) is 13.9. The maximum atomic E-state index is 12.1. The number of hydrogen-bond acceptors (Lipinski definition) is 4. The number of aromatic nitrogens is 1. The number of anilines is 1. The van der Waals surface area contributed by atoms with Gasteiger partial charge < -0.3 is 0 Å². The number of thiazole rings is 1. The van der Waals surface area contributed by atoms with Crippen LogP contribution in [-0.4, -0.2) is 10.9 Å². The van der Waals surface area contributed by atoms with Crippen LogP contribution in [-0.2, 0) is 0 Å². The zero-order valence-electron chi connectivity index (χ0n) is 10.2. The van der Waals surface area contributed by atoms with Crippen LogP contribution in [0.25, 0.3) is 11.1 Å². The van der Waals surface area contributed by atoms with E-state index in [1.54, 1.807) is 6.20 Å². The maximum absolute atomic E-state index is 12.1. The Morgan fingerprint density at radius 1 is 1.15 bits per heavy atom. The Bertz CT molecular complexity index is 720. The van der Waals surface area contributed by atoms with Crippen LogP contribution in [0.5, 0.6) is 0 Å². The van der Waals surface area contributed by atoms with E-state index < -0.39 is 0 Å². The molecule has 20 heavy (non-hydrogen) atoms. The Balaban J connectivity index is 1.79. The third kappa shape index (κ3) is 2.90. The zero-order valence-corrected chi connectivity index (χ0v) is 12.6. The van der Waals surface area contributed by atoms with Gasteiger partial charge in [0.15, 0.2) is 5.13 Å². The molecule has 0 atom stereocenters. The molecular formula is C14H9ClN2OS2. The standard InChI is InChI=1S/C14H9ClN2OS2/c15-11-3-1-9(2-4-11)10-7-12(20-8-10)13(18)17-14-16-5-6-19-14/h1-8H,(H,16,17,18). The Hall–Kier alpha value is -1.69. The number of amides is 1. The molecule has 2 aromatic heterocycles. The molecule has 6 heteroatoms. The van der Waals surface area contributed by atoms with Crippen molar-refractivity contribution in [3.8, 4) is 11.1 Å². The summed E-state index contributed by atoms with van der Waals surface area (Å²) in [7, 11) is 0. The number of nitrogens with zero attached hydrogens (tertiary/aromatic N) is 1. The van der Waals surface area contributed by atoms with Crippen LogP contribution in [0.15, 0.2) is 47.3 Å². The van der Waals surface area contributed by atoms with Gasteiger partial charge in [-0.1, -0.05) is 23.7 Å². The molecule has 0 saturated heterocycles. The molecule has 1 amide bonds. The summed E-state index contributed by atoms with van der Waals surface area (Å²) in [6.45, 7) is 0. The summed E-state index contributed by atoms with van der Waals surface area (Å²) < 4.78 is 0. The number of nitrogens with one attached hydrogen (secondary N) is 1. The highest BCUT2D eigenvalue weighted by Gasteiger charge is 2.11. The molecule has 0 unspecified atom stereocenters. The van der Waals surface area contributed by atoms with Gasteiger partial charge in [0, 0.05) is 16.6 Å². The highest BCUT2D eigenvalue weighted by molar-refractivity contribution is 7.14. The van der Waals surface area contributed by atoms with E-state index in [0.29, 0.717) is 15.0 Å². The first-order valence-corrected chi connectivity index (χ1v) is 7.91. The van der Waals surface area contributed by atoms with Crippen molar-refractivity contribution in [2.45, 2.75) is 0 Å². The molecule has 3 nitrogen and oxygen atoms in total. The monoisotopic (exact) mass is 320 g/mol. The molecule has 100 valence electrons. The number of rotatable bonds is 3. The first-order chi connectivity index (χ1) is 9.72. The number of halogens is 1. The van der Waals surface area contributed by atoms with Gasteiger partial charge in [0.1, 0.15) is 0 Å². The molecule has 0 aliphatic heterocycles. The molecule has 0 radical (unpaired) electrons. The summed E-state index contributed by atoms with van der Waals surface area (Å²) in [4.78, 5) is 16.7. The van der Waals surface area contributed by atoms with Gasteiger partial charge in [-0.05, 0) is 34.7 Å². The second-order valence-corrected chi connectivity index (χ2v) is 6.24. The molecule has 0 saturated carbocycles. The van der Waals surface area contributed by atoms with E-state index in [1.165, 1.54) is 22.7 Å². The Labute approximate surface area is 128 Å². The molecule has 3 aromatic rings. The minimum Gasteiger partial charge on any atom is -0.297 e. The van der Waals surface area contributed by atoms with Gasteiger partial charge >= 0.3 is 0 Å². The molecule has 1 aromatic carbocycles. The van der Waals surface area contributed by atoms with E-state index in [4.69, 9.17) is 11.6 Å². The third-order valence-electron chi connectivity index (χ3n) is 2.65. The average molecular weight is 321 g/mol. The lowest BCUT2D eigenvalue weighted by Gasteiger charge is -1.98. The topological polar surface area (TPSA) is 42.0 Å². The van der Waals surface area contributed by atoms with Crippen molar-refractivity contribution in [1.29, 1.82) is 0 Å². The van der Waals surface area contributed by atoms with Gasteiger partial charge in [-0.15, -0.1) is 22.7 Å². The van der Waals surface area contributed by atoms with E-state index in [9.17, 15) is 4.79 Å². The minimum atomic E-state index is -0.134. The van der Waals surface area contributed by atoms with Crippen LogP contribution < -0.4 is 5.32 Å². The van der Waals surface area contributed by atoms with Crippen LogP contribution in [0.2, 0.25) is 5.02 Å². The number of thiophene rings is 1. The van der Waals surface area contributed by atoms with Gasteiger partial charge in [0.25, 0.3) is 5.91 Å². The molecule has 0 bridgehead atoms. The Kier molecular flexibility index (Phi) is 3.82. The van der Waals surface area contributed by atoms with Crippen LogP contribution in [0.1, 0.15) is 9.67 Å². The van der Waals surface area contributed by atoms with E-state index in [1.807, 2.05) is 41.1 Å². The highest BCUT2D eigenvalue weighted by atomic mass is 35.5. The van der Waals surface area contributed by atoms with Crippen LogP contribution >= 0.6 is 34.3 Å². The van der Waals surface area contributed by atoms with E-state index in [-0.39, 0.29) is 5.91 Å². The van der Waals surface area contributed by atoms with Crippen molar-refractivity contribution >= 4 is 45.3 Å². The van der Waals surface area contributed by atoms with Gasteiger partial charge in [0.2, 0.25) is 0 Å². The minimum absolute atomic E-state index is 0.134. The Morgan fingerprint density at radius 2 is 1.95 bits per heavy atom. The highest BCUT2D eigenvalue weighted by Crippen LogP contribution is 2.27. The summed E-state index contributed by atoms with van der Waals surface area (Å²) >= 11 is 8.67. The molecule has 0 aliphatic rings. The largest absolute Gasteiger partial charge is 0.297 e. The Morgan fingerprint density at radius 3 is 2.65 bits per heavy atom. The molecule has 3 rings (SSSR count). The van der Waals surface area contributed by atoms with Crippen molar-refractivity contribution < 1.29 is 4.79 Å². The predicted molar refractivity (Wildman–Crippen MR) is 84.8 cm³/mol. The van der Waals surface area contributed by atoms with Gasteiger partial charge in [-0.2, -0.15) is 0 Å². The smallest absolute Gasteiger partial charge is 0.267 e. The average Bonchev–Trinajstić information content (AvgIpc) is 3.10. The van der Waals surface area contributed by atoms with Crippen LogP contribution in [0.4, 0.5) is 5.13 Å². The second-order valence-electron chi connectivity index (χ2n) is 4.00. The van der Waals surface area contributed by atoms with Crippen LogP contribution in [0, 0.1) is 0 Å². The molecule has 0 spiro atoms. The lowest BCUT2D eigenvalue weighted by atomic mass is 10.1. The second kappa shape index (κ2) is 5.75. The SMILES string of the molecule is O=C(Nc1nccs1)c1cc(-c2ccc(Cl)cc2)cs1. The number of benzene rings is 1. The summed E-state index contributed by atoms with van der Waals surface area (Å²) in [6, 6.07) is 9.42. The van der Waals surface area contributed by atoms with Crippen molar-refractivity contribution in [3.05, 3.63) is 57.2 Å². The van der Waals surface area contributed by atoms with Crippen molar-refractivity contribution in [1.82, 2.24) is 4.98 Å². The first kappa shape index (κ1) is 13.3. The fraction of sp³-hybridized carbons (Fsp3) is 0. The number of carbonyl (C=O) groups is 1. The van der Waals surface area contributed by atoms with E-state index in [0.717, 1.165) is 11.1 Å². The number of hydrogen-bond donors (Lipinski definition) is 1. The van der Waals surface area contributed by atoms with Crippen molar-refractivity contribution in [2.24, 2.45) is 0 Å². The van der Waals surface area contributed by atoms with Gasteiger partial charge in [-0.3, -0.25) is 10.1 Å². The fourth-order valence-electron chi connectivity index (χ4n) is 1.69. The molecule has 2 heterocycles. The molecule has 0 aliphatic carbocycles. The molecule has 1 N–H and O–H groups in total. The molecule has 0 fully saturated rings. The van der Waals surface area contributed by atoms with Gasteiger partial charge in [-0.25, -0.2) is 4.98 Å². The predicted octanol–water partition coefficient (Wildman–Crippen LogP) is 4.78. The van der Waals surface area contributed by atoms with E-state index in [2.05, 4.69) is 10.3 Å².